The van der Waals surface area contributed by atoms with Gasteiger partial charge in [0.25, 0.3) is 0 Å². The number of ether oxygens (including phenoxy) is 2. The second kappa shape index (κ2) is 55.0. The Morgan fingerprint density at radius 2 is 0.774 bits per heavy atom. The van der Waals surface area contributed by atoms with Crippen molar-refractivity contribution in [1.29, 1.82) is 0 Å². The van der Waals surface area contributed by atoms with E-state index in [4.69, 9.17) is 45.2 Å². The maximum Gasteiger partial charge on any atom is 0.164 e. The quantitative estimate of drug-likeness (QED) is 0.0209. The van der Waals surface area contributed by atoms with Gasteiger partial charge in [0.05, 0.1) is 14.2 Å². The lowest BCUT2D eigenvalue weighted by atomic mass is 10.0. The minimum atomic E-state index is -0.0581. The third-order valence-electron chi connectivity index (χ3n) is 17.3. The van der Waals surface area contributed by atoms with Crippen LogP contribution < -0.4 is 9.47 Å². The molecule has 15 nitrogen and oxygen atoms in total. The van der Waals surface area contributed by atoms with Gasteiger partial charge in [-0.05, 0) is 305 Å². The number of methoxy groups -OCH3 is 2. The fraction of sp³-hybridized carbons (Fsp3) is 0.270. The number of allylic oxidation sites excluding steroid dienone is 3. The van der Waals surface area contributed by atoms with E-state index in [2.05, 4.69) is 79.0 Å². The summed E-state index contributed by atoms with van der Waals surface area (Å²) >= 11 is 0. The van der Waals surface area contributed by atoms with Gasteiger partial charge in [0.15, 0.2) is 23.0 Å². The topological polar surface area (TPSA) is 278 Å². The number of aldehydes is 1. The smallest absolute Gasteiger partial charge is 0.164 e. The highest BCUT2D eigenvalue weighted by molar-refractivity contribution is 5.75. The molecule has 15 heteroatoms. The first-order valence-electron chi connectivity index (χ1n) is 38.2. The number of carbonyl (C=O) groups excluding carboxylic acids is 1. The molecule has 0 aliphatic carbocycles. The van der Waals surface area contributed by atoms with Gasteiger partial charge in [-0.25, -0.2) is 0 Å². The molecule has 0 saturated carbocycles. The molecule has 0 atom stereocenters. The van der Waals surface area contributed by atoms with Crippen molar-refractivity contribution in [2.45, 2.75) is 168 Å². The molecule has 0 fully saturated rings. The zero-order chi connectivity index (χ0) is 86.9. The summed E-state index contributed by atoms with van der Waals surface area (Å²) in [6.07, 6.45) is 14.4. The lowest BCUT2D eigenvalue weighted by Gasteiger charge is -2.07. The normalized spacial score (nSPS) is 9.85. The van der Waals surface area contributed by atoms with E-state index in [0.717, 1.165) is 112 Å². The van der Waals surface area contributed by atoms with Crippen LogP contribution in [0.4, 0.5) is 0 Å². The van der Waals surface area contributed by atoms with Gasteiger partial charge in [0.1, 0.15) is 63.8 Å². The van der Waals surface area contributed by atoms with Gasteiger partial charge in [0.2, 0.25) is 0 Å². The second-order valence-corrected chi connectivity index (χ2v) is 27.7. The van der Waals surface area contributed by atoms with Crippen LogP contribution in [0.1, 0.15) is 179 Å². The molecule has 11 rings (SSSR count). The molecule has 11 aromatic rings. The average Bonchev–Trinajstić information content (AvgIpc) is 0.894. The number of hydrogen-bond donors (Lipinski definition) is 12. The number of phenolic OH excluding ortho intramolecular Hbond substituents is 12. The lowest BCUT2D eigenvalue weighted by Crippen LogP contribution is -1.89. The molecule has 0 saturated heterocycles. The van der Waals surface area contributed by atoms with Crippen molar-refractivity contribution in [3.8, 4) is 80.5 Å². The predicted molar refractivity (Wildman–Crippen MR) is 475 cm³/mol. The van der Waals surface area contributed by atoms with Gasteiger partial charge < -0.3 is 70.8 Å². The van der Waals surface area contributed by atoms with Crippen molar-refractivity contribution >= 4 is 12.4 Å². The number of hydrogen-bond acceptors (Lipinski definition) is 15. The minimum Gasteiger partial charge on any atom is -0.508 e. The number of para-hydroxylation sites is 1. The fourth-order valence-corrected chi connectivity index (χ4v) is 10.1. The number of rotatable bonds is 14. The van der Waals surface area contributed by atoms with Crippen molar-refractivity contribution in [1.82, 2.24) is 0 Å². The van der Waals surface area contributed by atoms with Gasteiger partial charge >= 0.3 is 0 Å². The van der Waals surface area contributed by atoms with E-state index in [1.165, 1.54) is 70.8 Å². The second-order valence-electron chi connectivity index (χ2n) is 27.7. The van der Waals surface area contributed by atoms with Gasteiger partial charge in [-0.1, -0.05) is 182 Å². The SMILES string of the molecule is C/C=C/c1ccc(O)c(C)c1.C=CCc1ccc(C)c(OC)c1.C=CCc1ccc(O)c(C)c1.CCCc1ccc(O)c(C)c1.CCc1ccc(O)c(C)c1.CCc1ccc(O)c(O)c1.COc1cc(O)ccc1O.Cc1cc(C=O)ccc1O.Cc1ccc(C(C)C)c(O)c1.Cc1ccc(C(C)C)cc1O.Cc1ccccc1O. The molecule has 0 heterocycles. The molecule has 115 heavy (non-hydrogen) atoms. The lowest BCUT2D eigenvalue weighted by molar-refractivity contribution is 0.112. The van der Waals surface area contributed by atoms with Crippen molar-refractivity contribution in [3.05, 3.63) is 338 Å². The first kappa shape index (κ1) is 101. The van der Waals surface area contributed by atoms with Crippen molar-refractivity contribution in [2.24, 2.45) is 0 Å². The Balaban J connectivity index is 0.000000633. The van der Waals surface area contributed by atoms with E-state index in [1.807, 2.05) is 185 Å². The molecule has 0 aliphatic rings. The number of phenols is 12. The van der Waals surface area contributed by atoms with E-state index >= 15 is 0 Å². The standard InChI is InChI=1S/C11H14O.3C10H14O.2C10H12O.C9H12O.C8H8O2.C8H10O2.C7H8O3.C7H8O/c1-4-5-10-7-6-9(2)11(8-10)12-3;1-7(2)9-5-4-8(3)10(11)6-9;1-7(2)9-5-4-8(3)6-10(9)11;3*1-3-4-9-5-6-10(11)8(2)7-9;1-3-8-4-5-9(10)7(2)6-8;1-6-4-7(5-9)2-3-8(6)10;1-2-6-3-4-7(9)8(10)5-6;1-10-7-4-5(8)2-3-6(7)9;1-6-4-2-3-5-7(6)8/h4,6-8H,1,5H2,2-3H3;2*4-7,11H,1-3H3;5-7,11H,3-4H2,1-2H3;3-7,11H,1-2H3;3,5-7,11H,1,4H2,2H3;4-6,10H,3H2,1-2H3;2-5,10H,1H3;3-5,9-10H,2H2,1H3;2-4,8-9H,1H3;2-5,8H,1H3/b;;;;4-3+;;;;;;. The van der Waals surface area contributed by atoms with Crippen molar-refractivity contribution in [3.63, 3.8) is 0 Å². The Morgan fingerprint density at radius 1 is 0.348 bits per heavy atom. The Bertz CT molecular complexity index is 4670. The summed E-state index contributed by atoms with van der Waals surface area (Å²) in [4.78, 5) is 10.2. The van der Waals surface area contributed by atoms with Gasteiger partial charge in [-0.2, -0.15) is 0 Å². The van der Waals surface area contributed by atoms with Gasteiger partial charge in [-0.15, -0.1) is 13.2 Å². The predicted octanol–water partition coefficient (Wildman–Crippen LogP) is 24.4. The Morgan fingerprint density at radius 3 is 1.20 bits per heavy atom. The summed E-state index contributed by atoms with van der Waals surface area (Å²) < 4.78 is 9.91. The summed E-state index contributed by atoms with van der Waals surface area (Å²) in [6, 6.07) is 61.4. The molecule has 0 unspecified atom stereocenters. The first-order chi connectivity index (χ1) is 54.5. The van der Waals surface area contributed by atoms with Crippen molar-refractivity contribution in [2.75, 3.05) is 14.2 Å². The van der Waals surface area contributed by atoms with E-state index < -0.39 is 0 Å². The number of carbonyl (C=O) groups is 1. The van der Waals surface area contributed by atoms with Crippen LogP contribution >= 0.6 is 0 Å². The number of aromatic hydroxyl groups is 12. The summed E-state index contributed by atoms with van der Waals surface area (Å²) in [5, 5.41) is 109. The summed E-state index contributed by atoms with van der Waals surface area (Å²) in [6.45, 7) is 41.1. The molecule has 0 amide bonds. The van der Waals surface area contributed by atoms with E-state index in [0.29, 0.717) is 57.6 Å². The highest BCUT2D eigenvalue weighted by atomic mass is 16.5. The first-order valence-corrected chi connectivity index (χ1v) is 38.2. The molecule has 11 aromatic carbocycles. The molecular formula is C100H126O15. The number of benzene rings is 11. The largest absolute Gasteiger partial charge is 0.508 e. The maximum atomic E-state index is 10.2. The molecule has 0 spiro atoms. The summed E-state index contributed by atoms with van der Waals surface area (Å²) in [5.41, 5.74) is 18.6. The average molecular weight is 1570 g/mol. The molecule has 0 radical (unpaired) electrons. The van der Waals surface area contributed by atoms with Crippen LogP contribution in [0, 0.1) is 62.3 Å². The monoisotopic (exact) mass is 1570 g/mol. The Hall–Kier alpha value is -12.5. The fourth-order valence-electron chi connectivity index (χ4n) is 10.1. The molecule has 0 aromatic heterocycles. The van der Waals surface area contributed by atoms with Crippen LogP contribution in [-0.2, 0) is 32.1 Å². The summed E-state index contributed by atoms with van der Waals surface area (Å²) in [5.74, 6) is 5.03. The van der Waals surface area contributed by atoms with Crippen LogP contribution in [-0.4, -0.2) is 81.8 Å². The van der Waals surface area contributed by atoms with Gasteiger partial charge in [-0.3, -0.25) is 4.79 Å². The highest BCUT2D eigenvalue weighted by Gasteiger charge is 2.07. The maximum absolute atomic E-state index is 10.2. The zero-order valence-electron chi connectivity index (χ0n) is 70.9. The van der Waals surface area contributed by atoms with Crippen LogP contribution in [0.25, 0.3) is 6.08 Å². The van der Waals surface area contributed by atoms with E-state index in [-0.39, 0.29) is 34.5 Å². The van der Waals surface area contributed by atoms with Gasteiger partial charge in [0, 0.05) is 11.6 Å². The van der Waals surface area contributed by atoms with Crippen LogP contribution in [0.5, 0.6) is 80.5 Å². The molecule has 616 valence electrons. The third-order valence-corrected chi connectivity index (χ3v) is 17.3. The molecule has 0 aliphatic heterocycles. The van der Waals surface area contributed by atoms with Crippen molar-refractivity contribution < 1.29 is 75.5 Å². The molecular weight excluding hydrogens is 1440 g/mol. The van der Waals surface area contributed by atoms with E-state index in [1.54, 1.807) is 74.7 Å². The van der Waals surface area contributed by atoms with Crippen LogP contribution in [0.2, 0.25) is 0 Å². The molecule has 0 bridgehead atoms. The highest BCUT2D eigenvalue weighted by Crippen LogP contribution is 2.31. The van der Waals surface area contributed by atoms with E-state index in [9.17, 15) is 30.3 Å². The number of aryl methyl sites for hydroxylation is 12. The van der Waals surface area contributed by atoms with Crippen LogP contribution in [0.15, 0.2) is 238 Å². The molecule has 12 N–H and O–H groups in total. The summed E-state index contributed by atoms with van der Waals surface area (Å²) in [7, 11) is 3.12. The third kappa shape index (κ3) is 40.0. The zero-order valence-corrected chi connectivity index (χ0v) is 70.9. The minimum absolute atomic E-state index is 0.0281. The van der Waals surface area contributed by atoms with Crippen LogP contribution in [0.3, 0.4) is 0 Å². The Kier molecular flexibility index (Phi) is 48.1. The Labute approximate surface area is 684 Å².